The molecule has 1 aliphatic rings. The maximum atomic E-state index is 12.1. The molecule has 2 N–H and O–H groups in total. The lowest BCUT2D eigenvalue weighted by atomic mass is 10.2. The molecule has 0 fully saturated rings. The number of rotatable bonds is 2. The maximum absolute atomic E-state index is 12.1. The van der Waals surface area contributed by atoms with E-state index < -0.39 is 0 Å². The Kier molecular flexibility index (Phi) is 3.37. The zero-order valence-corrected chi connectivity index (χ0v) is 11.8. The van der Waals surface area contributed by atoms with Gasteiger partial charge in [-0.2, -0.15) is 0 Å². The third-order valence-corrected chi connectivity index (χ3v) is 4.20. The second-order valence-electron chi connectivity index (χ2n) is 4.63. The van der Waals surface area contributed by atoms with Crippen LogP contribution in [0, 0.1) is 0 Å². The SMILES string of the molecule is Cn1ccc(C(=O)Nc2nc3c(s2)CNCC3)cc1=O. The Morgan fingerprint density at radius 1 is 1.55 bits per heavy atom. The molecular weight excluding hydrogens is 276 g/mol. The second-order valence-corrected chi connectivity index (χ2v) is 5.72. The zero-order valence-electron chi connectivity index (χ0n) is 11.0. The van der Waals surface area contributed by atoms with Crippen LogP contribution in [0.2, 0.25) is 0 Å². The van der Waals surface area contributed by atoms with Gasteiger partial charge in [0, 0.05) is 49.3 Å². The van der Waals surface area contributed by atoms with Crippen molar-refractivity contribution in [3.63, 3.8) is 0 Å². The van der Waals surface area contributed by atoms with E-state index in [4.69, 9.17) is 0 Å². The van der Waals surface area contributed by atoms with Crippen LogP contribution in [0.5, 0.6) is 0 Å². The standard InChI is InChI=1S/C13H14N4O2S/c1-17-5-3-8(6-11(17)18)12(19)16-13-15-9-2-4-14-7-10(9)20-13/h3,5-6,14H,2,4,7H2,1H3,(H,15,16,19). The third-order valence-electron chi connectivity index (χ3n) is 3.19. The van der Waals surface area contributed by atoms with E-state index in [1.54, 1.807) is 19.3 Å². The van der Waals surface area contributed by atoms with Gasteiger partial charge in [-0.3, -0.25) is 14.9 Å². The summed E-state index contributed by atoms with van der Waals surface area (Å²) in [4.78, 5) is 29.2. The summed E-state index contributed by atoms with van der Waals surface area (Å²) in [7, 11) is 1.64. The monoisotopic (exact) mass is 290 g/mol. The van der Waals surface area contributed by atoms with Crippen molar-refractivity contribution in [3.8, 4) is 0 Å². The predicted molar refractivity (Wildman–Crippen MR) is 77.2 cm³/mol. The second kappa shape index (κ2) is 5.18. The fraction of sp³-hybridized carbons (Fsp3) is 0.308. The Morgan fingerprint density at radius 3 is 3.15 bits per heavy atom. The number of nitrogens with zero attached hydrogens (tertiary/aromatic N) is 2. The molecule has 0 unspecified atom stereocenters. The highest BCUT2D eigenvalue weighted by molar-refractivity contribution is 7.15. The highest BCUT2D eigenvalue weighted by Crippen LogP contribution is 2.25. The molecule has 7 heteroatoms. The molecule has 1 amide bonds. The van der Waals surface area contributed by atoms with Crippen molar-refractivity contribution in [1.29, 1.82) is 0 Å². The summed E-state index contributed by atoms with van der Waals surface area (Å²) < 4.78 is 1.42. The zero-order chi connectivity index (χ0) is 14.1. The number of carbonyl (C=O) groups is 1. The van der Waals surface area contributed by atoms with Gasteiger partial charge in [-0.05, 0) is 6.07 Å². The van der Waals surface area contributed by atoms with Crippen molar-refractivity contribution in [1.82, 2.24) is 14.9 Å². The van der Waals surface area contributed by atoms with Gasteiger partial charge in [-0.1, -0.05) is 0 Å². The third kappa shape index (κ3) is 2.50. The largest absolute Gasteiger partial charge is 0.319 e. The fourth-order valence-electron chi connectivity index (χ4n) is 2.04. The van der Waals surface area contributed by atoms with Crippen LogP contribution in [0.4, 0.5) is 5.13 Å². The number of thiazole rings is 1. The normalized spacial score (nSPS) is 13.8. The Labute approximate surface area is 119 Å². The lowest BCUT2D eigenvalue weighted by Crippen LogP contribution is -2.22. The van der Waals surface area contributed by atoms with E-state index in [1.165, 1.54) is 22.0 Å². The van der Waals surface area contributed by atoms with Gasteiger partial charge in [-0.25, -0.2) is 4.98 Å². The molecule has 2 aromatic heterocycles. The van der Waals surface area contributed by atoms with Gasteiger partial charge in [-0.15, -0.1) is 11.3 Å². The molecule has 3 rings (SSSR count). The Balaban J connectivity index is 1.80. The summed E-state index contributed by atoms with van der Waals surface area (Å²) in [5, 5.41) is 6.61. The Bertz CT molecular complexity index is 696. The van der Waals surface area contributed by atoms with E-state index in [-0.39, 0.29) is 11.5 Å². The minimum Gasteiger partial charge on any atom is -0.319 e. The molecule has 0 saturated carbocycles. The molecular formula is C13H14N4O2S. The number of nitrogens with one attached hydrogen (secondary N) is 2. The van der Waals surface area contributed by atoms with Gasteiger partial charge in [0.25, 0.3) is 11.5 Å². The molecule has 2 aromatic rings. The van der Waals surface area contributed by atoms with Crippen molar-refractivity contribution in [3.05, 3.63) is 44.8 Å². The maximum Gasteiger partial charge on any atom is 0.257 e. The van der Waals surface area contributed by atoms with Gasteiger partial charge < -0.3 is 9.88 Å². The number of hydrogen-bond acceptors (Lipinski definition) is 5. The minimum atomic E-state index is -0.304. The topological polar surface area (TPSA) is 76.0 Å². The van der Waals surface area contributed by atoms with Crippen LogP contribution in [0.15, 0.2) is 23.1 Å². The van der Waals surface area contributed by atoms with Crippen molar-refractivity contribution in [2.75, 3.05) is 11.9 Å². The average Bonchev–Trinajstić information content (AvgIpc) is 2.83. The first kappa shape index (κ1) is 13.0. The molecule has 0 spiro atoms. The van der Waals surface area contributed by atoms with Crippen molar-refractivity contribution in [2.45, 2.75) is 13.0 Å². The number of anilines is 1. The van der Waals surface area contributed by atoms with Gasteiger partial charge in [0.1, 0.15) is 0 Å². The molecule has 20 heavy (non-hydrogen) atoms. The molecule has 0 aliphatic carbocycles. The summed E-state index contributed by atoms with van der Waals surface area (Å²) >= 11 is 1.48. The summed E-state index contributed by atoms with van der Waals surface area (Å²) in [5.41, 5.74) is 1.19. The van der Waals surface area contributed by atoms with Crippen molar-refractivity contribution < 1.29 is 4.79 Å². The van der Waals surface area contributed by atoms with E-state index in [9.17, 15) is 9.59 Å². The van der Waals surface area contributed by atoms with Crippen molar-refractivity contribution in [2.24, 2.45) is 7.05 Å². The summed E-state index contributed by atoms with van der Waals surface area (Å²) in [5.74, 6) is -0.304. The minimum absolute atomic E-state index is 0.208. The Hall–Kier alpha value is -1.99. The molecule has 1 aliphatic heterocycles. The number of carbonyl (C=O) groups excluding carboxylic acids is 1. The first-order valence-corrected chi connectivity index (χ1v) is 7.12. The van der Waals surface area contributed by atoms with E-state index in [0.29, 0.717) is 10.7 Å². The number of pyridine rings is 1. The number of fused-ring (bicyclic) bond motifs is 1. The number of hydrogen-bond donors (Lipinski definition) is 2. The molecule has 3 heterocycles. The summed E-state index contributed by atoms with van der Waals surface area (Å²) in [6, 6.07) is 2.94. The number of aromatic nitrogens is 2. The molecule has 0 bridgehead atoms. The van der Waals surface area contributed by atoms with Gasteiger partial charge in [0.15, 0.2) is 5.13 Å². The molecule has 104 valence electrons. The van der Waals surface area contributed by atoms with Crippen LogP contribution in [0.25, 0.3) is 0 Å². The van der Waals surface area contributed by atoms with E-state index in [1.807, 2.05) is 0 Å². The molecule has 0 radical (unpaired) electrons. The molecule has 0 aromatic carbocycles. The van der Waals surface area contributed by atoms with Gasteiger partial charge in [0.2, 0.25) is 0 Å². The van der Waals surface area contributed by atoms with E-state index in [0.717, 1.165) is 30.1 Å². The molecule has 6 nitrogen and oxygen atoms in total. The van der Waals surface area contributed by atoms with Crippen molar-refractivity contribution >= 4 is 22.4 Å². The predicted octanol–water partition coefficient (Wildman–Crippen LogP) is 0.740. The quantitative estimate of drug-likeness (QED) is 0.855. The lowest BCUT2D eigenvalue weighted by molar-refractivity contribution is 0.102. The van der Waals surface area contributed by atoms with Crippen LogP contribution in [0.3, 0.4) is 0 Å². The summed E-state index contributed by atoms with van der Waals surface area (Å²) in [6.45, 7) is 1.72. The number of aryl methyl sites for hydroxylation is 1. The van der Waals surface area contributed by atoms with Gasteiger partial charge in [0.05, 0.1) is 5.69 Å². The van der Waals surface area contributed by atoms with Gasteiger partial charge >= 0.3 is 0 Å². The summed E-state index contributed by atoms with van der Waals surface area (Å²) in [6.07, 6.45) is 2.46. The highest BCUT2D eigenvalue weighted by Gasteiger charge is 2.16. The molecule has 0 saturated heterocycles. The number of amides is 1. The van der Waals surface area contributed by atoms with Crippen LogP contribution in [0.1, 0.15) is 20.9 Å². The Morgan fingerprint density at radius 2 is 2.40 bits per heavy atom. The van der Waals surface area contributed by atoms with E-state index in [2.05, 4.69) is 15.6 Å². The lowest BCUT2D eigenvalue weighted by Gasteiger charge is -2.09. The first-order valence-electron chi connectivity index (χ1n) is 6.31. The van der Waals surface area contributed by atoms with Crippen LogP contribution < -0.4 is 16.2 Å². The van der Waals surface area contributed by atoms with Crippen LogP contribution in [-0.2, 0) is 20.0 Å². The average molecular weight is 290 g/mol. The fourth-order valence-corrected chi connectivity index (χ4v) is 3.01. The smallest absolute Gasteiger partial charge is 0.257 e. The van der Waals surface area contributed by atoms with Crippen LogP contribution >= 0.6 is 11.3 Å². The van der Waals surface area contributed by atoms with Crippen LogP contribution in [-0.4, -0.2) is 22.0 Å². The van der Waals surface area contributed by atoms with E-state index >= 15 is 0 Å². The highest BCUT2D eigenvalue weighted by atomic mass is 32.1. The molecule has 0 atom stereocenters. The first-order chi connectivity index (χ1) is 9.63.